The summed E-state index contributed by atoms with van der Waals surface area (Å²) in [6, 6.07) is 5.47. The minimum Gasteiger partial charge on any atom is -0.434 e. The average Bonchev–Trinajstić information content (AvgIpc) is 2.48. The Morgan fingerprint density at radius 3 is 2.24 bits per heavy atom. The molecule has 1 saturated heterocycles. The zero-order chi connectivity index (χ0) is 16.9. The van der Waals surface area contributed by atoms with Gasteiger partial charge in [-0.3, -0.25) is 4.90 Å². The summed E-state index contributed by atoms with van der Waals surface area (Å²) in [6.07, 6.45) is -5.44. The molecule has 3 nitrogen and oxygen atoms in total. The van der Waals surface area contributed by atoms with Crippen molar-refractivity contribution in [3.63, 3.8) is 0 Å². The minimum absolute atomic E-state index is 0. The maximum atomic E-state index is 12.6. The molecule has 1 aromatic carbocycles. The van der Waals surface area contributed by atoms with Gasteiger partial charge in [-0.2, -0.15) is 22.0 Å². The standard InChI is InChI=1S/C15H19F5N2O.2ClH/c16-14(17)23-13-4-2-1-3-11(13)12(5-6-15(18,19)20)22-9-7-21-8-10-22;;/h1-4,12,14,21H,5-10H2;2*1H/t12-;;/m0../s1. The first-order valence-corrected chi connectivity index (χ1v) is 7.42. The second-order valence-corrected chi connectivity index (χ2v) is 5.37. The summed E-state index contributed by atoms with van der Waals surface area (Å²) in [5.74, 6) is -0.0618. The molecule has 1 atom stereocenters. The molecule has 0 bridgehead atoms. The summed E-state index contributed by atoms with van der Waals surface area (Å²) in [6.45, 7) is -0.583. The number of nitrogens with one attached hydrogen (secondary N) is 1. The molecule has 0 unspecified atom stereocenters. The molecule has 2 rings (SSSR count). The van der Waals surface area contributed by atoms with Gasteiger partial charge in [0.05, 0.1) is 0 Å². The molecule has 10 heteroatoms. The van der Waals surface area contributed by atoms with Crippen molar-refractivity contribution in [2.24, 2.45) is 0 Å². The van der Waals surface area contributed by atoms with Crippen LogP contribution in [0.15, 0.2) is 24.3 Å². The number of nitrogens with zero attached hydrogens (tertiary/aromatic N) is 1. The second kappa shape index (κ2) is 11.0. The number of hydrogen-bond donors (Lipinski definition) is 1. The quantitative estimate of drug-likeness (QED) is 0.702. The summed E-state index contributed by atoms with van der Waals surface area (Å²) in [5, 5.41) is 3.13. The first-order chi connectivity index (χ1) is 10.9. The second-order valence-electron chi connectivity index (χ2n) is 5.37. The molecular weight excluding hydrogens is 390 g/mol. The van der Waals surface area contributed by atoms with Crippen LogP contribution in [-0.2, 0) is 0 Å². The van der Waals surface area contributed by atoms with Gasteiger partial charge < -0.3 is 10.1 Å². The van der Waals surface area contributed by atoms with Crippen LogP contribution >= 0.6 is 24.8 Å². The summed E-state index contributed by atoms with van der Waals surface area (Å²) in [7, 11) is 0. The number of ether oxygens (including phenoxy) is 1. The van der Waals surface area contributed by atoms with Crippen LogP contribution in [0.1, 0.15) is 24.4 Å². The van der Waals surface area contributed by atoms with Crippen molar-refractivity contribution in [2.75, 3.05) is 26.2 Å². The van der Waals surface area contributed by atoms with Gasteiger partial charge in [-0.1, -0.05) is 18.2 Å². The third-order valence-electron chi connectivity index (χ3n) is 3.79. The van der Waals surface area contributed by atoms with Crippen molar-refractivity contribution in [3.05, 3.63) is 29.8 Å². The van der Waals surface area contributed by atoms with Crippen LogP contribution in [0, 0.1) is 0 Å². The summed E-state index contributed by atoms with van der Waals surface area (Å²) in [5.41, 5.74) is 0.374. The number of piperazine rings is 1. The third kappa shape index (κ3) is 7.94. The molecule has 1 heterocycles. The largest absolute Gasteiger partial charge is 0.434 e. The molecular formula is C15H21Cl2F5N2O. The van der Waals surface area contributed by atoms with Gasteiger partial charge in [0.25, 0.3) is 0 Å². The molecule has 0 spiro atoms. The number of para-hydroxylation sites is 1. The van der Waals surface area contributed by atoms with Crippen LogP contribution in [0.5, 0.6) is 5.75 Å². The third-order valence-corrected chi connectivity index (χ3v) is 3.79. The van der Waals surface area contributed by atoms with Gasteiger partial charge in [0, 0.05) is 44.2 Å². The molecule has 1 fully saturated rings. The van der Waals surface area contributed by atoms with Gasteiger partial charge in [-0.05, 0) is 12.5 Å². The normalized spacial score (nSPS) is 16.7. The van der Waals surface area contributed by atoms with Crippen molar-refractivity contribution < 1.29 is 26.7 Å². The highest BCUT2D eigenvalue weighted by Gasteiger charge is 2.32. The Labute approximate surface area is 155 Å². The molecule has 0 aliphatic carbocycles. The molecule has 0 aromatic heterocycles. The molecule has 1 aliphatic heterocycles. The maximum absolute atomic E-state index is 12.6. The van der Waals surface area contributed by atoms with E-state index in [0.717, 1.165) is 0 Å². The monoisotopic (exact) mass is 410 g/mol. The predicted molar refractivity (Wildman–Crippen MR) is 90.0 cm³/mol. The van der Waals surface area contributed by atoms with Gasteiger partial charge >= 0.3 is 12.8 Å². The number of benzene rings is 1. The Morgan fingerprint density at radius 1 is 1.08 bits per heavy atom. The van der Waals surface area contributed by atoms with Crippen molar-refractivity contribution >= 4 is 24.8 Å². The van der Waals surface area contributed by atoms with Crippen LogP contribution in [-0.4, -0.2) is 43.9 Å². The van der Waals surface area contributed by atoms with Gasteiger partial charge in [0.1, 0.15) is 5.75 Å². The first-order valence-electron chi connectivity index (χ1n) is 7.42. The number of alkyl halides is 5. The smallest absolute Gasteiger partial charge is 0.389 e. The van der Waals surface area contributed by atoms with E-state index in [4.69, 9.17) is 0 Å². The Morgan fingerprint density at radius 2 is 1.68 bits per heavy atom. The summed E-state index contributed by atoms with van der Waals surface area (Å²) in [4.78, 5) is 1.88. The molecule has 146 valence electrons. The van der Waals surface area contributed by atoms with Crippen molar-refractivity contribution in [3.8, 4) is 5.75 Å². The summed E-state index contributed by atoms with van der Waals surface area (Å²) >= 11 is 0. The molecule has 25 heavy (non-hydrogen) atoms. The fourth-order valence-electron chi connectivity index (χ4n) is 2.79. The lowest BCUT2D eigenvalue weighted by molar-refractivity contribution is -0.138. The lowest BCUT2D eigenvalue weighted by atomic mass is 9.98. The van der Waals surface area contributed by atoms with Crippen LogP contribution in [0.2, 0.25) is 0 Å². The number of halogens is 7. The number of hydrogen-bond acceptors (Lipinski definition) is 3. The van der Waals surface area contributed by atoms with Crippen LogP contribution in [0.25, 0.3) is 0 Å². The van der Waals surface area contributed by atoms with E-state index in [1.165, 1.54) is 12.1 Å². The van der Waals surface area contributed by atoms with E-state index >= 15 is 0 Å². The topological polar surface area (TPSA) is 24.5 Å². The Bertz CT molecular complexity index is 499. The molecule has 1 aromatic rings. The Balaban J connectivity index is 0.00000288. The zero-order valence-electron chi connectivity index (χ0n) is 13.3. The molecule has 1 aliphatic rings. The van der Waals surface area contributed by atoms with E-state index < -0.39 is 25.3 Å². The van der Waals surface area contributed by atoms with E-state index in [1.54, 1.807) is 12.1 Å². The van der Waals surface area contributed by atoms with Crippen LogP contribution < -0.4 is 10.1 Å². The van der Waals surface area contributed by atoms with Crippen molar-refractivity contribution in [2.45, 2.75) is 31.7 Å². The first kappa shape index (κ1) is 24.2. The highest BCUT2D eigenvalue weighted by molar-refractivity contribution is 5.85. The predicted octanol–water partition coefficient (Wildman–Crippen LogP) is 4.42. The van der Waals surface area contributed by atoms with Gasteiger partial charge in [0.2, 0.25) is 0 Å². The zero-order valence-corrected chi connectivity index (χ0v) is 14.9. The Kier molecular flexibility index (Phi) is 10.6. The van der Waals surface area contributed by atoms with Gasteiger partial charge in [0.15, 0.2) is 0 Å². The highest BCUT2D eigenvalue weighted by Crippen LogP contribution is 2.36. The summed E-state index contributed by atoms with van der Waals surface area (Å²) < 4.78 is 67.5. The Hall–Kier alpha value is -0.830. The van der Waals surface area contributed by atoms with Crippen LogP contribution in [0.4, 0.5) is 22.0 Å². The lowest BCUT2D eigenvalue weighted by Gasteiger charge is -2.36. The SMILES string of the molecule is Cl.Cl.FC(F)Oc1ccccc1[C@H](CCC(F)(F)F)N1CCNCC1. The van der Waals surface area contributed by atoms with E-state index in [9.17, 15) is 22.0 Å². The lowest BCUT2D eigenvalue weighted by Crippen LogP contribution is -2.45. The average molecular weight is 411 g/mol. The molecule has 0 saturated carbocycles. The molecule has 0 radical (unpaired) electrons. The molecule has 0 amide bonds. The van der Waals surface area contributed by atoms with Crippen LogP contribution in [0.3, 0.4) is 0 Å². The maximum Gasteiger partial charge on any atom is 0.389 e. The minimum atomic E-state index is -4.29. The van der Waals surface area contributed by atoms with E-state index in [2.05, 4.69) is 10.1 Å². The number of rotatable bonds is 6. The van der Waals surface area contributed by atoms with Gasteiger partial charge in [-0.15, -0.1) is 24.8 Å². The fraction of sp³-hybridized carbons (Fsp3) is 0.600. The van der Waals surface area contributed by atoms with E-state index in [0.29, 0.717) is 31.7 Å². The van der Waals surface area contributed by atoms with E-state index in [-0.39, 0.29) is 37.0 Å². The highest BCUT2D eigenvalue weighted by atomic mass is 35.5. The molecule has 1 N–H and O–H groups in total. The van der Waals surface area contributed by atoms with Crippen molar-refractivity contribution in [1.29, 1.82) is 0 Å². The van der Waals surface area contributed by atoms with Crippen molar-refractivity contribution in [1.82, 2.24) is 10.2 Å². The fourth-order valence-corrected chi connectivity index (χ4v) is 2.79. The van der Waals surface area contributed by atoms with E-state index in [1.807, 2.05) is 4.90 Å². The van der Waals surface area contributed by atoms with Gasteiger partial charge in [-0.25, -0.2) is 0 Å².